The van der Waals surface area contributed by atoms with Crippen LogP contribution in [0.15, 0.2) is 41.6 Å². The van der Waals surface area contributed by atoms with E-state index in [1.54, 1.807) is 0 Å². The number of amides is 1. The van der Waals surface area contributed by atoms with Crippen LogP contribution in [0.25, 0.3) is 0 Å². The van der Waals surface area contributed by atoms with Gasteiger partial charge in [-0.25, -0.2) is 13.6 Å². The fourth-order valence-electron chi connectivity index (χ4n) is 2.03. The van der Waals surface area contributed by atoms with Crippen molar-refractivity contribution in [3.05, 3.63) is 42.2 Å². The summed E-state index contributed by atoms with van der Waals surface area (Å²) < 4.78 is 23.7. The first-order chi connectivity index (χ1) is 10.8. The van der Waals surface area contributed by atoms with Crippen molar-refractivity contribution < 1.29 is 13.2 Å². The van der Waals surface area contributed by atoms with Gasteiger partial charge in [0.1, 0.15) is 4.90 Å². The summed E-state index contributed by atoms with van der Waals surface area (Å²) in [4.78, 5) is 11.9. The van der Waals surface area contributed by atoms with Crippen LogP contribution < -0.4 is 10.5 Å². The lowest BCUT2D eigenvalue weighted by molar-refractivity contribution is -0.116. The summed E-state index contributed by atoms with van der Waals surface area (Å²) in [7, 11) is -3.77. The molecule has 1 amide bonds. The molecule has 2 rings (SSSR count). The van der Waals surface area contributed by atoms with Crippen LogP contribution in [0.2, 0.25) is 0 Å². The molecule has 1 aromatic carbocycles. The third kappa shape index (κ3) is 4.90. The average molecular weight is 336 g/mol. The number of rotatable bonds is 6. The highest BCUT2D eigenvalue weighted by Crippen LogP contribution is 2.18. The van der Waals surface area contributed by atoms with Gasteiger partial charge in [-0.15, -0.1) is 0 Å². The normalized spacial score (nSPS) is 11.7. The van der Waals surface area contributed by atoms with Crippen molar-refractivity contribution in [2.45, 2.75) is 37.6 Å². The number of benzene rings is 1. The molecule has 0 radical (unpaired) electrons. The Hall–Kier alpha value is -2.19. The summed E-state index contributed by atoms with van der Waals surface area (Å²) in [5.74, 6) is 0.214. The first-order valence-corrected chi connectivity index (χ1v) is 8.75. The van der Waals surface area contributed by atoms with Gasteiger partial charge in [-0.3, -0.25) is 9.48 Å². The Balaban J connectivity index is 1.93. The first-order valence-electron chi connectivity index (χ1n) is 7.21. The van der Waals surface area contributed by atoms with Crippen molar-refractivity contribution in [3.63, 3.8) is 0 Å². The van der Waals surface area contributed by atoms with Crippen LogP contribution in [0.1, 0.15) is 31.7 Å². The van der Waals surface area contributed by atoms with Gasteiger partial charge in [-0.2, -0.15) is 5.10 Å². The number of carbonyl (C=O) groups excluding carboxylic acids is 1. The van der Waals surface area contributed by atoms with Crippen LogP contribution >= 0.6 is 0 Å². The number of nitrogens with zero attached hydrogens (tertiary/aromatic N) is 2. The molecule has 0 unspecified atom stereocenters. The minimum atomic E-state index is -3.77. The Bertz CT molecular complexity index is 797. The van der Waals surface area contributed by atoms with Crippen LogP contribution in [0.5, 0.6) is 0 Å². The molecule has 23 heavy (non-hydrogen) atoms. The lowest BCUT2D eigenvalue weighted by Gasteiger charge is -2.09. The van der Waals surface area contributed by atoms with E-state index in [2.05, 4.69) is 24.3 Å². The van der Waals surface area contributed by atoms with E-state index >= 15 is 0 Å². The molecule has 0 aliphatic rings. The highest BCUT2D eigenvalue weighted by atomic mass is 32.2. The fraction of sp³-hybridized carbons (Fsp3) is 0.333. The smallest absolute Gasteiger partial charge is 0.241 e. The molecule has 0 saturated carbocycles. The van der Waals surface area contributed by atoms with Gasteiger partial charge in [0.2, 0.25) is 15.9 Å². The number of sulfonamides is 1. The molecule has 0 fully saturated rings. The summed E-state index contributed by atoms with van der Waals surface area (Å²) in [5.41, 5.74) is 1.89. The van der Waals surface area contributed by atoms with E-state index in [4.69, 9.17) is 5.14 Å². The van der Waals surface area contributed by atoms with E-state index in [0.29, 0.717) is 5.92 Å². The zero-order chi connectivity index (χ0) is 17.0. The van der Waals surface area contributed by atoms with Crippen molar-refractivity contribution in [1.82, 2.24) is 9.78 Å². The van der Waals surface area contributed by atoms with E-state index in [1.165, 1.54) is 17.1 Å². The molecule has 8 heteroatoms. The van der Waals surface area contributed by atoms with Gasteiger partial charge >= 0.3 is 0 Å². The van der Waals surface area contributed by atoms with E-state index < -0.39 is 10.0 Å². The molecule has 7 nitrogen and oxygen atoms in total. The van der Waals surface area contributed by atoms with Crippen molar-refractivity contribution in [2.24, 2.45) is 5.14 Å². The Morgan fingerprint density at radius 1 is 1.39 bits per heavy atom. The molecule has 0 bridgehead atoms. The molecule has 0 atom stereocenters. The Labute approximate surface area is 135 Å². The lowest BCUT2D eigenvalue weighted by Crippen LogP contribution is -2.15. The fourth-order valence-corrected chi connectivity index (χ4v) is 2.49. The van der Waals surface area contributed by atoms with Gasteiger partial charge in [0, 0.05) is 24.8 Å². The van der Waals surface area contributed by atoms with Crippen LogP contribution in [-0.2, 0) is 21.4 Å². The molecule has 0 saturated heterocycles. The number of aromatic nitrogens is 2. The van der Waals surface area contributed by atoms with E-state index in [9.17, 15) is 13.2 Å². The zero-order valence-corrected chi connectivity index (χ0v) is 13.9. The third-order valence-corrected chi connectivity index (χ3v) is 4.21. The molecular weight excluding hydrogens is 316 g/mol. The van der Waals surface area contributed by atoms with Crippen LogP contribution in [0.4, 0.5) is 5.69 Å². The first kappa shape index (κ1) is 17.2. The maximum atomic E-state index is 12.0. The second-order valence-electron chi connectivity index (χ2n) is 5.56. The quantitative estimate of drug-likeness (QED) is 0.837. The van der Waals surface area contributed by atoms with Crippen molar-refractivity contribution in [3.8, 4) is 0 Å². The molecule has 124 valence electrons. The highest BCUT2D eigenvalue weighted by Gasteiger charge is 2.11. The van der Waals surface area contributed by atoms with Crippen molar-refractivity contribution in [2.75, 3.05) is 5.32 Å². The van der Waals surface area contributed by atoms with Crippen LogP contribution in [-0.4, -0.2) is 24.1 Å². The standard InChI is InChI=1S/C15H20N4O3S/c1-11(2)12-4-3-5-13(8-12)18-15(20)6-7-19-10-14(9-17-19)23(16,21)22/h3-5,8-11H,6-7H2,1-2H3,(H,18,20)(H2,16,21,22). The second-order valence-corrected chi connectivity index (χ2v) is 7.12. The molecule has 0 aliphatic carbocycles. The maximum Gasteiger partial charge on any atom is 0.241 e. The van der Waals surface area contributed by atoms with Gasteiger partial charge in [-0.05, 0) is 23.6 Å². The molecular formula is C15H20N4O3S. The number of aryl methyl sites for hydroxylation is 1. The van der Waals surface area contributed by atoms with Gasteiger partial charge in [0.05, 0.1) is 6.20 Å². The van der Waals surface area contributed by atoms with E-state index in [1.807, 2.05) is 24.3 Å². The summed E-state index contributed by atoms with van der Waals surface area (Å²) >= 11 is 0. The Morgan fingerprint density at radius 3 is 2.74 bits per heavy atom. The van der Waals surface area contributed by atoms with Gasteiger partial charge in [0.15, 0.2) is 0 Å². The van der Waals surface area contributed by atoms with Gasteiger partial charge in [-0.1, -0.05) is 26.0 Å². The van der Waals surface area contributed by atoms with Gasteiger partial charge < -0.3 is 5.32 Å². The monoisotopic (exact) mass is 336 g/mol. The number of hydrogen-bond acceptors (Lipinski definition) is 4. The van der Waals surface area contributed by atoms with Crippen molar-refractivity contribution >= 4 is 21.6 Å². The lowest BCUT2D eigenvalue weighted by atomic mass is 10.0. The minimum absolute atomic E-state index is 0.0671. The molecule has 0 aliphatic heterocycles. The SMILES string of the molecule is CC(C)c1cccc(NC(=O)CCn2cc(S(N)(=O)=O)cn2)c1. The summed E-state index contributed by atoms with van der Waals surface area (Å²) in [6.07, 6.45) is 2.65. The largest absolute Gasteiger partial charge is 0.326 e. The molecule has 0 spiro atoms. The summed E-state index contributed by atoms with van der Waals surface area (Å²) in [6, 6.07) is 7.68. The number of primary sulfonamides is 1. The molecule has 3 N–H and O–H groups in total. The molecule has 1 aromatic heterocycles. The summed E-state index contributed by atoms with van der Waals surface area (Å²) in [5, 5.41) is 11.7. The number of carbonyl (C=O) groups is 1. The predicted molar refractivity (Wildman–Crippen MR) is 87.4 cm³/mol. The van der Waals surface area contributed by atoms with Gasteiger partial charge in [0.25, 0.3) is 0 Å². The molecule has 1 heterocycles. The zero-order valence-electron chi connectivity index (χ0n) is 13.1. The highest BCUT2D eigenvalue weighted by molar-refractivity contribution is 7.89. The molecule has 2 aromatic rings. The predicted octanol–water partition coefficient (Wildman–Crippen LogP) is 1.68. The number of nitrogens with two attached hydrogens (primary N) is 1. The van der Waals surface area contributed by atoms with Crippen LogP contribution in [0, 0.1) is 0 Å². The van der Waals surface area contributed by atoms with E-state index in [0.717, 1.165) is 11.3 Å². The third-order valence-electron chi connectivity index (χ3n) is 3.34. The number of hydrogen-bond donors (Lipinski definition) is 2. The van der Waals surface area contributed by atoms with Crippen molar-refractivity contribution in [1.29, 1.82) is 0 Å². The summed E-state index contributed by atoms with van der Waals surface area (Å²) in [6.45, 7) is 4.44. The minimum Gasteiger partial charge on any atom is -0.326 e. The van der Waals surface area contributed by atoms with Crippen LogP contribution in [0.3, 0.4) is 0 Å². The number of anilines is 1. The van der Waals surface area contributed by atoms with E-state index in [-0.39, 0.29) is 23.8 Å². The topological polar surface area (TPSA) is 107 Å². The maximum absolute atomic E-state index is 12.0. The number of nitrogens with one attached hydrogen (secondary N) is 1. The average Bonchev–Trinajstić information content (AvgIpc) is 2.94. The Morgan fingerprint density at radius 2 is 2.13 bits per heavy atom. The second kappa shape index (κ2) is 6.93. The Kier molecular flexibility index (Phi) is 5.17.